The molecule has 0 fully saturated rings. The van der Waals surface area contributed by atoms with Gasteiger partial charge in [-0.15, -0.1) is 10.2 Å². The van der Waals surface area contributed by atoms with Crippen LogP contribution in [0.25, 0.3) is 33.3 Å². The second-order valence-electron chi connectivity index (χ2n) is 6.52. The predicted molar refractivity (Wildman–Crippen MR) is 103 cm³/mol. The number of hydrogen-bond donors (Lipinski definition) is 1. The number of anilines is 1. The van der Waals surface area contributed by atoms with Crippen molar-refractivity contribution in [3.63, 3.8) is 0 Å². The van der Waals surface area contributed by atoms with E-state index < -0.39 is 10.2 Å². The molecule has 0 atom stereocenters. The highest BCUT2D eigenvalue weighted by Gasteiger charge is 2.14. The molecule has 2 aromatic carbocycles. The van der Waals surface area contributed by atoms with Crippen molar-refractivity contribution >= 4 is 27.6 Å². The Morgan fingerprint density at radius 3 is 2.33 bits per heavy atom. The van der Waals surface area contributed by atoms with Crippen LogP contribution in [0.15, 0.2) is 51.9 Å². The average Bonchev–Trinajstić information content (AvgIpc) is 2.67. The van der Waals surface area contributed by atoms with Gasteiger partial charge >= 0.3 is 0 Å². The lowest BCUT2D eigenvalue weighted by molar-refractivity contribution is -2.00. The van der Waals surface area contributed by atoms with Crippen LogP contribution in [-0.4, -0.2) is 18.1 Å². The molecule has 0 saturated heterocycles. The number of benzene rings is 3. The summed E-state index contributed by atoms with van der Waals surface area (Å²) in [6, 6.07) is 14.4. The van der Waals surface area contributed by atoms with Crippen molar-refractivity contribution in [2.45, 2.75) is 20.8 Å². The van der Waals surface area contributed by atoms with Crippen LogP contribution in [0, 0.1) is 17.2 Å². The molecule has 1 N–H and O–H groups in total. The first-order valence-corrected chi connectivity index (χ1v) is 10.6. The zero-order valence-electron chi connectivity index (χ0n) is 16.8. The zero-order chi connectivity index (χ0) is 21.9. The van der Waals surface area contributed by atoms with Gasteiger partial charge in [-0.3, -0.25) is 4.99 Å². The van der Waals surface area contributed by atoms with E-state index in [0.717, 1.165) is 63.0 Å². The van der Waals surface area contributed by atoms with Gasteiger partial charge in [-0.25, -0.2) is 23.6 Å². The van der Waals surface area contributed by atoms with Crippen LogP contribution in [-0.2, 0) is 0 Å². The molecule has 1 aliphatic heterocycles. The number of halogens is 1. The molecule has 0 saturated carbocycles. The van der Waals surface area contributed by atoms with Gasteiger partial charge in [0.1, 0.15) is 11.2 Å². The van der Waals surface area contributed by atoms with Gasteiger partial charge in [0, 0.05) is 41.7 Å². The number of fused-ring (bicyclic) bond motifs is 4. The Balaban J connectivity index is 0.000000461. The SMILES string of the molecule is CCN=c1cc2oc3cc(NCC)c4ccccc4c3nc-2cc1C.[O-][Cl+3]([O-])([O-])[O-]. The topological polar surface area (TPSA) is 143 Å². The lowest BCUT2D eigenvalue weighted by atomic mass is 10.1. The Labute approximate surface area is 175 Å². The molecular formula is C21H21ClN3O5-. The second-order valence-corrected chi connectivity index (χ2v) is 7.28. The van der Waals surface area contributed by atoms with E-state index in [1.807, 2.05) is 25.1 Å². The maximum Gasteiger partial charge on any atom is 0.155 e. The average molecular weight is 431 g/mol. The summed E-state index contributed by atoms with van der Waals surface area (Å²) in [5.74, 6) is 0.767. The minimum Gasteiger partial charge on any atom is -0.453 e. The van der Waals surface area contributed by atoms with Crippen molar-refractivity contribution in [1.82, 2.24) is 4.98 Å². The number of hydrogen-bond acceptors (Lipinski definition) is 8. The van der Waals surface area contributed by atoms with Gasteiger partial charge in [0.2, 0.25) is 0 Å². The van der Waals surface area contributed by atoms with E-state index in [2.05, 4.69) is 48.4 Å². The summed E-state index contributed by atoms with van der Waals surface area (Å²) < 4.78 is 40.2. The largest absolute Gasteiger partial charge is 0.453 e. The number of nitrogens with one attached hydrogen (secondary N) is 1. The van der Waals surface area contributed by atoms with E-state index in [1.165, 1.54) is 0 Å². The van der Waals surface area contributed by atoms with Crippen molar-refractivity contribution in [3.05, 3.63) is 53.4 Å². The molecule has 158 valence electrons. The Bertz CT molecular complexity index is 1210. The Morgan fingerprint density at radius 2 is 1.70 bits per heavy atom. The molecule has 2 aliphatic rings. The van der Waals surface area contributed by atoms with Crippen molar-refractivity contribution < 1.29 is 33.3 Å². The standard InChI is InChI=1S/C21H21N3O.ClHO4/c1-4-22-16-11-19-18(10-13(16)3)24-21-15-9-7-6-8-14(15)17(23-5-2)12-20(21)25-19;2-1(3,4)5/h6-12,23H,4-5H2,1-3H3;(H,2,3,4,5)/p-1. The third-order valence-corrected chi connectivity index (χ3v) is 4.41. The Hall–Kier alpha value is -2.75. The van der Waals surface area contributed by atoms with E-state index in [-0.39, 0.29) is 0 Å². The fraction of sp³-hybridized carbons (Fsp3) is 0.238. The van der Waals surface area contributed by atoms with Crippen LogP contribution in [0.2, 0.25) is 0 Å². The summed E-state index contributed by atoms with van der Waals surface area (Å²) in [5.41, 5.74) is 4.73. The first-order chi connectivity index (χ1) is 14.2. The van der Waals surface area contributed by atoms with Crippen molar-refractivity contribution in [2.24, 2.45) is 4.99 Å². The quantitative estimate of drug-likeness (QED) is 0.355. The first kappa shape index (κ1) is 21.9. The van der Waals surface area contributed by atoms with Crippen molar-refractivity contribution in [1.29, 1.82) is 0 Å². The summed E-state index contributed by atoms with van der Waals surface area (Å²) in [4.78, 5) is 9.44. The lowest BCUT2D eigenvalue weighted by Gasteiger charge is -2.17. The Kier molecular flexibility index (Phi) is 6.55. The predicted octanol–water partition coefficient (Wildman–Crippen LogP) is -0.00938. The zero-order valence-corrected chi connectivity index (χ0v) is 17.5. The van der Waals surface area contributed by atoms with Crippen molar-refractivity contribution in [2.75, 3.05) is 18.4 Å². The molecular weight excluding hydrogens is 410 g/mol. The summed E-state index contributed by atoms with van der Waals surface area (Å²) in [7, 11) is -4.94. The van der Waals surface area contributed by atoms with Gasteiger partial charge in [0.25, 0.3) is 0 Å². The summed E-state index contributed by atoms with van der Waals surface area (Å²) in [5, 5.41) is 6.65. The first-order valence-electron chi connectivity index (χ1n) is 9.34. The maximum atomic E-state index is 8.49. The molecule has 0 aromatic heterocycles. The molecule has 0 radical (unpaired) electrons. The highest BCUT2D eigenvalue weighted by Crippen LogP contribution is 2.34. The van der Waals surface area contributed by atoms with E-state index in [9.17, 15) is 0 Å². The van der Waals surface area contributed by atoms with Gasteiger partial charge in [0.05, 0.1) is 5.36 Å². The van der Waals surface area contributed by atoms with Gasteiger partial charge in [-0.05, 0) is 32.4 Å². The van der Waals surface area contributed by atoms with E-state index in [1.54, 1.807) is 0 Å². The van der Waals surface area contributed by atoms with E-state index in [4.69, 9.17) is 28.0 Å². The van der Waals surface area contributed by atoms with Crippen LogP contribution < -0.4 is 29.3 Å². The molecule has 0 spiro atoms. The van der Waals surface area contributed by atoms with Crippen LogP contribution in [0.5, 0.6) is 0 Å². The van der Waals surface area contributed by atoms with E-state index >= 15 is 0 Å². The van der Waals surface area contributed by atoms with Crippen LogP contribution in [0.3, 0.4) is 0 Å². The third kappa shape index (κ3) is 5.05. The van der Waals surface area contributed by atoms with Crippen LogP contribution >= 0.6 is 0 Å². The molecule has 4 rings (SSSR count). The summed E-state index contributed by atoms with van der Waals surface area (Å²) in [6.07, 6.45) is 0. The summed E-state index contributed by atoms with van der Waals surface area (Å²) in [6.45, 7) is 7.80. The minimum absolute atomic E-state index is 0.753. The molecule has 2 aromatic rings. The fourth-order valence-corrected chi connectivity index (χ4v) is 3.28. The number of nitrogens with zero attached hydrogens (tertiary/aromatic N) is 2. The minimum atomic E-state index is -4.94. The number of aryl methyl sites for hydroxylation is 1. The third-order valence-electron chi connectivity index (χ3n) is 4.41. The second kappa shape index (κ2) is 8.95. The maximum absolute atomic E-state index is 8.49. The van der Waals surface area contributed by atoms with E-state index in [0.29, 0.717) is 0 Å². The Morgan fingerprint density at radius 1 is 1.03 bits per heavy atom. The molecule has 1 heterocycles. The normalized spacial score (nSPS) is 12.3. The highest BCUT2D eigenvalue weighted by atomic mass is 35.7. The lowest BCUT2D eigenvalue weighted by Crippen LogP contribution is -2.68. The number of aromatic nitrogens is 1. The van der Waals surface area contributed by atoms with Gasteiger partial charge in [-0.2, -0.15) is 0 Å². The molecule has 0 bridgehead atoms. The summed E-state index contributed by atoms with van der Waals surface area (Å²) >= 11 is 0. The van der Waals surface area contributed by atoms with Crippen LogP contribution in [0.4, 0.5) is 5.69 Å². The fourth-order valence-electron chi connectivity index (χ4n) is 3.28. The molecule has 0 amide bonds. The monoisotopic (exact) mass is 430 g/mol. The number of rotatable bonds is 3. The molecule has 0 unspecified atom stereocenters. The molecule has 8 nitrogen and oxygen atoms in total. The van der Waals surface area contributed by atoms with Gasteiger partial charge < -0.3 is 9.73 Å². The molecule has 9 heteroatoms. The van der Waals surface area contributed by atoms with Gasteiger partial charge in [0.15, 0.2) is 11.3 Å². The molecule has 1 aliphatic carbocycles. The molecule has 30 heavy (non-hydrogen) atoms. The van der Waals surface area contributed by atoms with Crippen LogP contribution in [0.1, 0.15) is 19.4 Å². The van der Waals surface area contributed by atoms with Gasteiger partial charge in [-0.1, -0.05) is 24.3 Å². The highest BCUT2D eigenvalue weighted by molar-refractivity contribution is 6.10. The smallest absolute Gasteiger partial charge is 0.155 e. The van der Waals surface area contributed by atoms with Crippen molar-refractivity contribution in [3.8, 4) is 11.5 Å².